The van der Waals surface area contributed by atoms with E-state index in [2.05, 4.69) is 68.9 Å². The van der Waals surface area contributed by atoms with Gasteiger partial charge in [-0.1, -0.05) is 97.3 Å². The predicted molar refractivity (Wildman–Crippen MR) is 122 cm³/mol. The molecule has 1 fully saturated rings. The summed E-state index contributed by atoms with van der Waals surface area (Å²) in [5, 5.41) is 11.9. The standard InChI is InChI=1S/C25H34O3Si/c1-4-5-16-22-24(27)23(19-25(22,2)28-18-17-26)29(3,20-12-8-6-9-13-20)21-14-10-7-11-15-21/h6-15,22-23,26H,4-5,16-19H2,1-3H3/t22-,23-,25+/m1/s1. The van der Waals surface area contributed by atoms with Gasteiger partial charge < -0.3 is 9.84 Å². The molecule has 0 aromatic heterocycles. The number of benzene rings is 2. The highest BCUT2D eigenvalue weighted by Gasteiger charge is 2.57. The highest BCUT2D eigenvalue weighted by atomic mass is 28.3. The summed E-state index contributed by atoms with van der Waals surface area (Å²) in [6.07, 6.45) is 3.68. The van der Waals surface area contributed by atoms with Crippen molar-refractivity contribution in [3.63, 3.8) is 0 Å². The molecule has 0 amide bonds. The highest BCUT2D eigenvalue weighted by Crippen LogP contribution is 2.48. The first-order valence-corrected chi connectivity index (χ1v) is 13.4. The third kappa shape index (κ3) is 4.25. The summed E-state index contributed by atoms with van der Waals surface area (Å²) in [4.78, 5) is 13.9. The van der Waals surface area contributed by atoms with Gasteiger partial charge in [0.1, 0.15) is 13.9 Å². The molecule has 0 aliphatic heterocycles. The number of carbonyl (C=O) groups excluding carboxylic acids is 1. The number of aliphatic hydroxyl groups is 1. The molecule has 0 unspecified atom stereocenters. The minimum atomic E-state index is -2.33. The fourth-order valence-electron chi connectivity index (χ4n) is 5.11. The van der Waals surface area contributed by atoms with Gasteiger partial charge in [-0.3, -0.25) is 4.79 Å². The fourth-order valence-corrected chi connectivity index (χ4v) is 9.60. The van der Waals surface area contributed by atoms with Crippen molar-refractivity contribution in [2.75, 3.05) is 13.2 Å². The molecule has 1 N–H and O–H groups in total. The second kappa shape index (κ2) is 9.37. The Hall–Kier alpha value is -1.75. The highest BCUT2D eigenvalue weighted by molar-refractivity contribution is 7.04. The van der Waals surface area contributed by atoms with Crippen LogP contribution in [0.4, 0.5) is 0 Å². The maximum absolute atomic E-state index is 13.9. The molecular weight excluding hydrogens is 376 g/mol. The van der Waals surface area contributed by atoms with E-state index in [-0.39, 0.29) is 24.7 Å². The molecule has 0 radical (unpaired) electrons. The van der Waals surface area contributed by atoms with Crippen LogP contribution in [-0.4, -0.2) is 37.8 Å². The van der Waals surface area contributed by atoms with Crippen molar-refractivity contribution in [1.29, 1.82) is 0 Å². The van der Waals surface area contributed by atoms with Gasteiger partial charge in [0.15, 0.2) is 0 Å². The van der Waals surface area contributed by atoms with Crippen LogP contribution < -0.4 is 10.4 Å². The molecular formula is C25H34O3Si. The SMILES string of the molecule is CCCC[C@@H]1C(=O)[C@H]([Si](C)(c2ccccc2)c2ccccc2)C[C@]1(C)OCCO. The zero-order valence-electron chi connectivity index (χ0n) is 17.9. The molecule has 3 atom stereocenters. The lowest BCUT2D eigenvalue weighted by atomic mass is 9.87. The number of rotatable bonds is 9. The normalized spacial score (nSPS) is 24.8. The van der Waals surface area contributed by atoms with Crippen molar-refractivity contribution in [3.05, 3.63) is 60.7 Å². The van der Waals surface area contributed by atoms with Crippen molar-refractivity contribution in [1.82, 2.24) is 0 Å². The molecule has 0 saturated heterocycles. The molecule has 2 aromatic carbocycles. The third-order valence-electron chi connectivity index (χ3n) is 6.85. The van der Waals surface area contributed by atoms with Gasteiger partial charge in [0, 0.05) is 11.5 Å². The van der Waals surface area contributed by atoms with E-state index in [1.165, 1.54) is 10.4 Å². The average Bonchev–Trinajstić information content (AvgIpc) is 3.02. The van der Waals surface area contributed by atoms with Gasteiger partial charge in [-0.05, 0) is 19.8 Å². The van der Waals surface area contributed by atoms with Gasteiger partial charge in [-0.25, -0.2) is 0 Å². The molecule has 0 bridgehead atoms. The molecule has 1 aliphatic rings. The second-order valence-corrected chi connectivity index (χ2v) is 12.9. The van der Waals surface area contributed by atoms with Gasteiger partial charge in [0.05, 0.1) is 18.8 Å². The van der Waals surface area contributed by atoms with Crippen molar-refractivity contribution in [2.24, 2.45) is 5.92 Å². The summed E-state index contributed by atoms with van der Waals surface area (Å²) in [6, 6.07) is 21.2. The number of ketones is 1. The Morgan fingerprint density at radius 2 is 1.62 bits per heavy atom. The predicted octanol–water partition coefficient (Wildman–Crippen LogP) is 3.80. The summed E-state index contributed by atoms with van der Waals surface area (Å²) in [7, 11) is -2.33. The van der Waals surface area contributed by atoms with E-state index < -0.39 is 13.7 Å². The van der Waals surface area contributed by atoms with Crippen LogP contribution in [0.15, 0.2) is 60.7 Å². The first kappa shape index (κ1) is 21.9. The number of hydrogen-bond acceptors (Lipinski definition) is 3. The maximum Gasteiger partial charge on any atom is 0.140 e. The first-order valence-electron chi connectivity index (χ1n) is 10.9. The van der Waals surface area contributed by atoms with Crippen LogP contribution >= 0.6 is 0 Å². The number of ether oxygens (including phenoxy) is 1. The molecule has 3 rings (SSSR count). The van der Waals surface area contributed by atoms with Crippen molar-refractivity contribution < 1.29 is 14.6 Å². The number of Topliss-reactive ketones (excluding diaryl/α,β-unsaturated/α-hetero) is 1. The quantitative estimate of drug-likeness (QED) is 0.640. The molecule has 1 saturated carbocycles. The third-order valence-corrected chi connectivity index (χ3v) is 11.8. The lowest BCUT2D eigenvalue weighted by Crippen LogP contribution is -2.60. The van der Waals surface area contributed by atoms with E-state index in [1.807, 2.05) is 12.1 Å². The summed E-state index contributed by atoms with van der Waals surface area (Å²) < 4.78 is 6.17. The number of carbonyl (C=O) groups is 1. The molecule has 3 nitrogen and oxygen atoms in total. The first-order chi connectivity index (χ1) is 14.0. The van der Waals surface area contributed by atoms with Crippen LogP contribution in [0.2, 0.25) is 12.1 Å². The van der Waals surface area contributed by atoms with Gasteiger partial charge in [-0.15, -0.1) is 0 Å². The van der Waals surface area contributed by atoms with Crippen LogP contribution in [0.3, 0.4) is 0 Å². The molecule has 2 aromatic rings. The lowest BCUT2D eigenvalue weighted by molar-refractivity contribution is -0.128. The molecule has 156 valence electrons. The Bertz CT molecular complexity index is 753. The number of aliphatic hydroxyl groups excluding tert-OH is 1. The number of hydrogen-bond donors (Lipinski definition) is 1. The zero-order valence-corrected chi connectivity index (χ0v) is 18.9. The molecule has 0 spiro atoms. The van der Waals surface area contributed by atoms with E-state index in [4.69, 9.17) is 4.74 Å². The van der Waals surface area contributed by atoms with E-state index >= 15 is 0 Å². The van der Waals surface area contributed by atoms with Gasteiger partial charge in [0.25, 0.3) is 0 Å². The van der Waals surface area contributed by atoms with E-state index in [9.17, 15) is 9.90 Å². The zero-order chi connectivity index (χ0) is 20.9. The van der Waals surface area contributed by atoms with Crippen molar-refractivity contribution in [3.8, 4) is 0 Å². The van der Waals surface area contributed by atoms with Crippen LogP contribution in [-0.2, 0) is 9.53 Å². The number of unbranched alkanes of at least 4 members (excludes halogenated alkanes) is 1. The van der Waals surface area contributed by atoms with Crippen LogP contribution in [0, 0.1) is 5.92 Å². The Morgan fingerprint density at radius 1 is 1.07 bits per heavy atom. The monoisotopic (exact) mass is 410 g/mol. The average molecular weight is 411 g/mol. The summed E-state index contributed by atoms with van der Waals surface area (Å²) in [5.74, 6) is 0.263. The van der Waals surface area contributed by atoms with E-state index in [0.717, 1.165) is 25.7 Å². The molecule has 4 heteroatoms. The second-order valence-electron chi connectivity index (χ2n) is 8.67. The van der Waals surface area contributed by atoms with Crippen LogP contribution in [0.1, 0.15) is 39.5 Å². The summed E-state index contributed by atoms with van der Waals surface area (Å²) in [5.41, 5.74) is -0.532. The largest absolute Gasteiger partial charge is 0.394 e. The summed E-state index contributed by atoms with van der Waals surface area (Å²) >= 11 is 0. The van der Waals surface area contributed by atoms with Crippen molar-refractivity contribution >= 4 is 24.2 Å². The fraction of sp³-hybridized carbons (Fsp3) is 0.480. The minimum Gasteiger partial charge on any atom is -0.394 e. The Labute approximate surface area is 176 Å². The minimum absolute atomic E-state index is 0.0129. The smallest absolute Gasteiger partial charge is 0.140 e. The van der Waals surface area contributed by atoms with E-state index in [0.29, 0.717) is 5.78 Å². The van der Waals surface area contributed by atoms with Crippen molar-refractivity contribution in [2.45, 2.75) is 57.2 Å². The Morgan fingerprint density at radius 3 is 2.10 bits per heavy atom. The Kier molecular flexibility index (Phi) is 7.09. The lowest BCUT2D eigenvalue weighted by Gasteiger charge is -2.35. The van der Waals surface area contributed by atoms with Crippen LogP contribution in [0.5, 0.6) is 0 Å². The van der Waals surface area contributed by atoms with Crippen LogP contribution in [0.25, 0.3) is 0 Å². The molecule has 1 aliphatic carbocycles. The molecule has 0 heterocycles. The topological polar surface area (TPSA) is 46.5 Å². The van der Waals surface area contributed by atoms with Gasteiger partial charge in [0.2, 0.25) is 0 Å². The Balaban J connectivity index is 2.07. The summed E-state index contributed by atoms with van der Waals surface area (Å²) in [6.45, 7) is 6.87. The van der Waals surface area contributed by atoms with E-state index in [1.54, 1.807) is 0 Å². The van der Waals surface area contributed by atoms with Gasteiger partial charge in [-0.2, -0.15) is 0 Å². The molecule has 29 heavy (non-hydrogen) atoms. The maximum atomic E-state index is 13.9. The van der Waals surface area contributed by atoms with Gasteiger partial charge >= 0.3 is 0 Å².